The number of halogens is 9. The van der Waals surface area contributed by atoms with Crippen molar-refractivity contribution < 1.29 is 39.5 Å². The van der Waals surface area contributed by atoms with E-state index >= 15 is 39.5 Å². The van der Waals surface area contributed by atoms with Crippen LogP contribution >= 0.6 is 0 Å². The Hall–Kier alpha value is -12.3. The summed E-state index contributed by atoms with van der Waals surface area (Å²) in [7, 11) is 0. The number of aryl methyl sites for hydroxylation is 8. The van der Waals surface area contributed by atoms with Crippen molar-refractivity contribution in [3.05, 3.63) is 296 Å². The van der Waals surface area contributed by atoms with Gasteiger partial charge in [0, 0.05) is 65.3 Å². The van der Waals surface area contributed by atoms with E-state index in [9.17, 15) is 5.26 Å². The molecule has 500 valence electrons. The lowest BCUT2D eigenvalue weighted by molar-refractivity contribution is -0.138. The molecular weight excluding hydrogens is 1300 g/mol. The zero-order valence-corrected chi connectivity index (χ0v) is 56.2. The Morgan fingerprint density at radius 3 is 0.716 bits per heavy atom. The number of nitrogens with zero attached hydrogens (tertiary/aromatic N) is 7. The van der Waals surface area contributed by atoms with Gasteiger partial charge in [-0.1, -0.05) is 129 Å². The van der Waals surface area contributed by atoms with Crippen LogP contribution in [-0.2, 0) is 18.5 Å². The first kappa shape index (κ1) is 65.6. The van der Waals surface area contributed by atoms with E-state index in [1.807, 2.05) is 162 Å². The molecule has 0 spiro atoms. The number of nitriles is 1. The molecule has 0 bridgehead atoms. The molecule has 0 unspecified atom stereocenters. The summed E-state index contributed by atoms with van der Waals surface area (Å²) in [6.45, 7) is 31.8. The van der Waals surface area contributed by atoms with Crippen molar-refractivity contribution in [2.45, 2.75) is 73.9 Å². The number of alkyl halides is 9. The molecule has 4 heterocycles. The van der Waals surface area contributed by atoms with Crippen LogP contribution in [0.15, 0.2) is 206 Å². The normalized spacial score (nSPS) is 12.1. The number of hydrogen-bond acceptors (Lipinski definition) is 1. The summed E-state index contributed by atoms with van der Waals surface area (Å²) in [6.07, 6.45) is -14.6. The molecule has 0 aliphatic rings. The van der Waals surface area contributed by atoms with Crippen molar-refractivity contribution in [2.75, 3.05) is 0 Å². The molecule has 16 aromatic rings. The van der Waals surface area contributed by atoms with Crippen molar-refractivity contribution >= 4 is 98.6 Å². The summed E-state index contributed by atoms with van der Waals surface area (Å²) in [5.41, 5.74) is 9.52. The summed E-state index contributed by atoms with van der Waals surface area (Å²) in [5.74, 6) is 0. The number of aromatic nitrogens is 4. The van der Waals surface area contributed by atoms with Crippen LogP contribution in [0, 0.1) is 79.9 Å². The van der Waals surface area contributed by atoms with E-state index in [4.69, 9.17) is 13.1 Å². The maximum Gasteiger partial charge on any atom is 0.416 e. The summed E-state index contributed by atoms with van der Waals surface area (Å²) in [4.78, 5) is 7.21. The van der Waals surface area contributed by atoms with E-state index in [1.165, 1.54) is 18.2 Å². The molecule has 0 aliphatic carbocycles. The number of benzene rings is 12. The van der Waals surface area contributed by atoms with Gasteiger partial charge in [-0.25, -0.2) is 9.69 Å². The molecule has 16 rings (SSSR count). The van der Waals surface area contributed by atoms with Crippen molar-refractivity contribution in [3.63, 3.8) is 0 Å². The second-order valence-corrected chi connectivity index (χ2v) is 26.5. The molecule has 0 aliphatic heterocycles. The first-order chi connectivity index (χ1) is 48.6. The Balaban J connectivity index is 0.000000165. The highest BCUT2D eigenvalue weighted by Crippen LogP contribution is 2.53. The molecule has 7 nitrogen and oxygen atoms in total. The standard InChI is InChI=1S/C43H29F6N3.C43H29F3N4/c1-23-9-13-34-28(17-23)29-18-24(2)10-14-35(29)51(34)38-21-27(42(44,45)46)22-39(41(38)40-32(43(47,48)49)7-6-8-33(40)50-5)52-36-15-11-25(3)19-30(36)31-20-26(4)12-16-37(31)52;1-24-9-13-35-29(17-24)30-18-25(2)10-14-36(30)49(35)39-21-28(23-47)22-40(42(39)41-33(43(44,45)46)7-6-8-34(41)48-5)50-37-15-11-26(3)19-31(37)32-20-27(4)12-16-38(32)50/h6-22H,1-4H3;6-22H,1-4H3. The summed E-state index contributed by atoms with van der Waals surface area (Å²) in [5, 5.41) is 17.2. The van der Waals surface area contributed by atoms with Gasteiger partial charge in [0.05, 0.1) is 108 Å². The zero-order valence-electron chi connectivity index (χ0n) is 56.2. The van der Waals surface area contributed by atoms with Crippen LogP contribution in [0.4, 0.5) is 50.9 Å². The van der Waals surface area contributed by atoms with Crippen LogP contribution in [0.2, 0.25) is 0 Å². The third kappa shape index (κ3) is 10.7. The molecule has 102 heavy (non-hydrogen) atoms. The minimum absolute atomic E-state index is 0.131. The van der Waals surface area contributed by atoms with Crippen LogP contribution in [-0.4, -0.2) is 18.3 Å². The van der Waals surface area contributed by atoms with Crippen molar-refractivity contribution in [1.82, 2.24) is 18.3 Å². The minimum Gasteiger partial charge on any atom is -0.309 e. The molecule has 0 radical (unpaired) electrons. The third-order valence-electron chi connectivity index (χ3n) is 19.4. The Bertz CT molecular complexity index is 5890. The van der Waals surface area contributed by atoms with Crippen molar-refractivity contribution in [3.8, 4) is 51.1 Å². The second-order valence-electron chi connectivity index (χ2n) is 26.5. The molecule has 12 aromatic carbocycles. The fourth-order valence-electron chi connectivity index (χ4n) is 15.0. The quantitative estimate of drug-likeness (QED) is 0.121. The molecule has 0 atom stereocenters. The average Bonchev–Trinajstić information content (AvgIpc) is 1.51. The Morgan fingerprint density at radius 2 is 0.520 bits per heavy atom. The summed E-state index contributed by atoms with van der Waals surface area (Å²) >= 11 is 0. The van der Waals surface area contributed by atoms with Gasteiger partial charge in [-0.05, 0) is 177 Å². The third-order valence-corrected chi connectivity index (χ3v) is 19.4. The predicted molar refractivity (Wildman–Crippen MR) is 391 cm³/mol. The molecule has 16 heteroatoms. The van der Waals surface area contributed by atoms with Crippen molar-refractivity contribution in [1.29, 1.82) is 5.26 Å². The highest BCUT2D eigenvalue weighted by Gasteiger charge is 2.41. The lowest BCUT2D eigenvalue weighted by Crippen LogP contribution is -2.13. The first-order valence-corrected chi connectivity index (χ1v) is 32.7. The molecule has 0 saturated heterocycles. The predicted octanol–water partition coefficient (Wildman–Crippen LogP) is 25.6. The summed E-state index contributed by atoms with van der Waals surface area (Å²) in [6, 6.07) is 60.7. The van der Waals surface area contributed by atoms with Crippen LogP contribution in [0.3, 0.4) is 0 Å². The molecule has 0 fully saturated rings. The Kier molecular flexibility index (Phi) is 15.4. The van der Waals surface area contributed by atoms with Crippen LogP contribution in [0.25, 0.3) is 142 Å². The van der Waals surface area contributed by atoms with Crippen LogP contribution < -0.4 is 0 Å². The highest BCUT2D eigenvalue weighted by atomic mass is 19.4. The van der Waals surface area contributed by atoms with E-state index in [1.54, 1.807) is 45.5 Å². The first-order valence-electron chi connectivity index (χ1n) is 32.7. The Morgan fingerprint density at radius 1 is 0.294 bits per heavy atom. The van der Waals surface area contributed by atoms with Gasteiger partial charge >= 0.3 is 18.5 Å². The topological polar surface area (TPSA) is 52.2 Å². The fourth-order valence-corrected chi connectivity index (χ4v) is 15.0. The SMILES string of the molecule is [C-]#[N+]c1cccc(C(F)(F)F)c1-c1c(-n2c3ccc(C)cc3c3cc(C)ccc32)cc(C#N)cc1-n1c2ccc(C)cc2c2cc(C)ccc21.[C-]#[N+]c1cccc(C(F)(F)F)c1-c1c(-n2c3ccc(C)cc3c3cc(C)ccc32)cc(C(F)(F)F)cc1-n1c2ccc(C)cc2c2cc(C)ccc21. The van der Waals surface area contributed by atoms with Crippen LogP contribution in [0.5, 0.6) is 0 Å². The van der Waals surface area contributed by atoms with Gasteiger partial charge in [-0.2, -0.15) is 44.8 Å². The largest absolute Gasteiger partial charge is 0.416 e. The van der Waals surface area contributed by atoms with Gasteiger partial charge in [-0.15, -0.1) is 0 Å². The maximum atomic E-state index is 15.2. The lowest BCUT2D eigenvalue weighted by atomic mass is 9.92. The molecule has 0 amide bonds. The van der Waals surface area contributed by atoms with Gasteiger partial charge in [0.25, 0.3) is 0 Å². The van der Waals surface area contributed by atoms with Gasteiger partial charge < -0.3 is 18.3 Å². The molecular formula is C86H58F9N7. The van der Waals surface area contributed by atoms with E-state index in [-0.39, 0.29) is 45.0 Å². The van der Waals surface area contributed by atoms with Crippen LogP contribution in [0.1, 0.15) is 66.8 Å². The smallest absolute Gasteiger partial charge is 0.309 e. The summed E-state index contributed by atoms with van der Waals surface area (Å²) < 4.78 is 144. The van der Waals surface area contributed by atoms with Gasteiger partial charge in [0.2, 0.25) is 0 Å². The van der Waals surface area contributed by atoms with Crippen molar-refractivity contribution in [2.24, 2.45) is 0 Å². The van der Waals surface area contributed by atoms with Gasteiger partial charge in [-0.3, -0.25) is 0 Å². The Labute approximate surface area is 579 Å². The number of hydrogen-bond donors (Lipinski definition) is 0. The molecule has 0 N–H and O–H groups in total. The lowest BCUT2D eigenvalue weighted by Gasteiger charge is -2.25. The highest BCUT2D eigenvalue weighted by molar-refractivity contribution is 6.15. The zero-order chi connectivity index (χ0) is 71.9. The maximum absolute atomic E-state index is 15.2. The average molecular weight is 1360 g/mol. The van der Waals surface area contributed by atoms with Gasteiger partial charge in [0.15, 0.2) is 11.4 Å². The number of fused-ring (bicyclic) bond motifs is 12. The second kappa shape index (κ2) is 24.0. The molecule has 0 saturated carbocycles. The molecule has 4 aromatic heterocycles. The minimum atomic E-state index is -4.95. The van der Waals surface area contributed by atoms with E-state index in [2.05, 4.69) is 40.0 Å². The monoisotopic (exact) mass is 1360 g/mol. The van der Waals surface area contributed by atoms with E-state index in [0.29, 0.717) is 33.4 Å². The van der Waals surface area contributed by atoms with E-state index < -0.39 is 40.8 Å². The van der Waals surface area contributed by atoms with Gasteiger partial charge in [0.1, 0.15) is 0 Å². The van der Waals surface area contributed by atoms with E-state index in [0.717, 1.165) is 140 Å². The fraction of sp³-hybridized carbons (Fsp3) is 0.128. The number of rotatable bonds is 6.